The van der Waals surface area contributed by atoms with Crippen molar-refractivity contribution in [1.82, 2.24) is 9.97 Å². The average molecular weight is 244 g/mol. The highest BCUT2D eigenvalue weighted by atomic mass is 16.3. The number of H-pyrrole nitrogens is 1. The van der Waals surface area contributed by atoms with Crippen LogP contribution in [0.1, 0.15) is 43.1 Å². The van der Waals surface area contributed by atoms with Crippen LogP contribution in [0, 0.1) is 6.92 Å². The molecular weight excluding hydrogens is 228 g/mol. The van der Waals surface area contributed by atoms with Gasteiger partial charge in [-0.15, -0.1) is 0 Å². The monoisotopic (exact) mass is 244 g/mol. The number of nitrogens with zero attached hydrogens (tertiary/aromatic N) is 1. The first-order valence-corrected chi connectivity index (χ1v) is 6.40. The molecule has 0 radical (unpaired) electrons. The summed E-state index contributed by atoms with van der Waals surface area (Å²) < 4.78 is 5.26. The van der Waals surface area contributed by atoms with E-state index in [1.54, 1.807) is 12.3 Å². The lowest BCUT2D eigenvalue weighted by molar-refractivity contribution is 0.535. The second-order valence-corrected chi connectivity index (χ2v) is 4.89. The van der Waals surface area contributed by atoms with Crippen LogP contribution in [-0.4, -0.2) is 9.97 Å². The van der Waals surface area contributed by atoms with Gasteiger partial charge in [-0.05, 0) is 25.8 Å². The Morgan fingerprint density at radius 2 is 2.17 bits per heavy atom. The van der Waals surface area contributed by atoms with Gasteiger partial charge in [-0.3, -0.25) is 4.79 Å². The van der Waals surface area contributed by atoms with Crippen molar-refractivity contribution in [3.8, 4) is 11.4 Å². The Morgan fingerprint density at radius 1 is 1.39 bits per heavy atom. The highest BCUT2D eigenvalue weighted by Gasteiger charge is 2.20. The van der Waals surface area contributed by atoms with E-state index in [1.807, 2.05) is 13.0 Å². The fourth-order valence-corrected chi connectivity index (χ4v) is 2.67. The first kappa shape index (κ1) is 11.3. The van der Waals surface area contributed by atoms with Crippen molar-refractivity contribution in [3.63, 3.8) is 0 Å². The van der Waals surface area contributed by atoms with E-state index in [0.29, 0.717) is 11.7 Å². The number of furan rings is 1. The summed E-state index contributed by atoms with van der Waals surface area (Å²) in [4.78, 5) is 19.1. The molecule has 94 valence electrons. The number of aryl methyl sites for hydroxylation is 1. The van der Waals surface area contributed by atoms with Crippen molar-refractivity contribution in [3.05, 3.63) is 40.2 Å². The van der Waals surface area contributed by atoms with E-state index in [4.69, 9.17) is 4.42 Å². The van der Waals surface area contributed by atoms with Crippen molar-refractivity contribution in [2.45, 2.75) is 38.5 Å². The molecule has 1 aliphatic carbocycles. The molecule has 0 saturated heterocycles. The number of nitrogens with one attached hydrogen (secondary N) is 1. The molecule has 1 saturated carbocycles. The van der Waals surface area contributed by atoms with Crippen LogP contribution in [0.15, 0.2) is 27.6 Å². The van der Waals surface area contributed by atoms with Gasteiger partial charge in [0.2, 0.25) is 0 Å². The molecule has 1 N–H and O–H groups in total. The second kappa shape index (κ2) is 4.44. The maximum absolute atomic E-state index is 11.7. The van der Waals surface area contributed by atoms with Gasteiger partial charge in [0.1, 0.15) is 11.6 Å². The third-order valence-electron chi connectivity index (χ3n) is 3.65. The second-order valence-electron chi connectivity index (χ2n) is 4.89. The molecule has 2 aromatic rings. The van der Waals surface area contributed by atoms with Crippen molar-refractivity contribution >= 4 is 0 Å². The van der Waals surface area contributed by atoms with E-state index in [2.05, 4.69) is 9.97 Å². The van der Waals surface area contributed by atoms with Gasteiger partial charge in [-0.1, -0.05) is 12.8 Å². The lowest BCUT2D eigenvalue weighted by Crippen LogP contribution is -2.12. The third kappa shape index (κ3) is 1.98. The summed E-state index contributed by atoms with van der Waals surface area (Å²) in [5, 5.41) is 0. The number of aromatic amines is 1. The Morgan fingerprint density at radius 3 is 2.83 bits per heavy atom. The van der Waals surface area contributed by atoms with E-state index in [1.165, 1.54) is 12.8 Å². The molecule has 0 unspecified atom stereocenters. The lowest BCUT2D eigenvalue weighted by Gasteiger charge is -2.09. The number of rotatable bonds is 2. The Bertz CT molecular complexity index is 606. The summed E-state index contributed by atoms with van der Waals surface area (Å²) in [6, 6.07) is 3.47. The molecule has 0 bridgehead atoms. The number of hydrogen-bond donors (Lipinski definition) is 1. The fourth-order valence-electron chi connectivity index (χ4n) is 2.67. The Balaban J connectivity index is 2.06. The number of hydrogen-bond acceptors (Lipinski definition) is 3. The minimum atomic E-state index is -0.0810. The zero-order valence-electron chi connectivity index (χ0n) is 10.4. The molecule has 4 heteroatoms. The van der Waals surface area contributed by atoms with E-state index < -0.39 is 0 Å². The Kier molecular flexibility index (Phi) is 2.78. The minimum absolute atomic E-state index is 0.0810. The molecule has 2 heterocycles. The maximum atomic E-state index is 11.7. The van der Waals surface area contributed by atoms with Crippen molar-refractivity contribution in [2.24, 2.45) is 0 Å². The maximum Gasteiger partial charge on any atom is 0.251 e. The molecule has 18 heavy (non-hydrogen) atoms. The molecule has 2 aromatic heterocycles. The standard InChI is InChI=1S/C14H16N2O2/c1-9-11(6-7-18-9)14-15-12(8-13(17)16-14)10-4-2-3-5-10/h6-8,10H,2-5H2,1H3,(H,15,16,17). The van der Waals surface area contributed by atoms with Crippen LogP contribution in [0.2, 0.25) is 0 Å². The van der Waals surface area contributed by atoms with Gasteiger partial charge < -0.3 is 9.40 Å². The van der Waals surface area contributed by atoms with Gasteiger partial charge in [-0.25, -0.2) is 4.98 Å². The molecule has 1 aliphatic rings. The molecule has 0 spiro atoms. The summed E-state index contributed by atoms with van der Waals surface area (Å²) in [5.41, 5.74) is 1.71. The van der Waals surface area contributed by atoms with Gasteiger partial charge in [0.05, 0.1) is 17.5 Å². The Hall–Kier alpha value is -1.84. The molecule has 1 fully saturated rings. The van der Waals surface area contributed by atoms with Gasteiger partial charge in [0.15, 0.2) is 0 Å². The quantitative estimate of drug-likeness (QED) is 0.883. The smallest absolute Gasteiger partial charge is 0.251 e. The van der Waals surface area contributed by atoms with Crippen molar-refractivity contribution in [2.75, 3.05) is 0 Å². The summed E-state index contributed by atoms with van der Waals surface area (Å²) >= 11 is 0. The summed E-state index contributed by atoms with van der Waals surface area (Å²) in [7, 11) is 0. The zero-order chi connectivity index (χ0) is 12.5. The molecule has 3 rings (SSSR count). The normalized spacial score (nSPS) is 16.3. The molecule has 0 atom stereocenters. The van der Waals surface area contributed by atoms with Crippen molar-refractivity contribution < 1.29 is 4.42 Å². The average Bonchev–Trinajstić information content (AvgIpc) is 2.98. The topological polar surface area (TPSA) is 58.9 Å². The summed E-state index contributed by atoms with van der Waals surface area (Å²) in [6.45, 7) is 1.87. The van der Waals surface area contributed by atoms with Crippen LogP contribution in [0.25, 0.3) is 11.4 Å². The van der Waals surface area contributed by atoms with E-state index in [0.717, 1.165) is 29.9 Å². The van der Waals surface area contributed by atoms with Gasteiger partial charge in [0.25, 0.3) is 5.56 Å². The molecule has 0 aromatic carbocycles. The fraction of sp³-hybridized carbons (Fsp3) is 0.429. The molecule has 4 nitrogen and oxygen atoms in total. The van der Waals surface area contributed by atoms with E-state index >= 15 is 0 Å². The van der Waals surface area contributed by atoms with Crippen LogP contribution in [0.5, 0.6) is 0 Å². The van der Waals surface area contributed by atoms with Gasteiger partial charge in [-0.2, -0.15) is 0 Å². The highest BCUT2D eigenvalue weighted by molar-refractivity contribution is 5.56. The van der Waals surface area contributed by atoms with Crippen LogP contribution < -0.4 is 5.56 Å². The van der Waals surface area contributed by atoms with Gasteiger partial charge in [0, 0.05) is 12.0 Å². The first-order chi connectivity index (χ1) is 8.74. The van der Waals surface area contributed by atoms with Crippen LogP contribution in [0.3, 0.4) is 0 Å². The van der Waals surface area contributed by atoms with E-state index in [9.17, 15) is 4.79 Å². The Labute approximate surface area is 105 Å². The van der Waals surface area contributed by atoms with Gasteiger partial charge >= 0.3 is 0 Å². The summed E-state index contributed by atoms with van der Waals surface area (Å²) in [5.74, 6) is 1.84. The van der Waals surface area contributed by atoms with Crippen LogP contribution in [-0.2, 0) is 0 Å². The predicted molar refractivity (Wildman–Crippen MR) is 68.5 cm³/mol. The van der Waals surface area contributed by atoms with Crippen LogP contribution in [0.4, 0.5) is 0 Å². The molecule has 0 amide bonds. The summed E-state index contributed by atoms with van der Waals surface area (Å²) in [6.07, 6.45) is 6.37. The minimum Gasteiger partial charge on any atom is -0.469 e. The zero-order valence-corrected chi connectivity index (χ0v) is 10.4. The largest absolute Gasteiger partial charge is 0.469 e. The third-order valence-corrected chi connectivity index (χ3v) is 3.65. The number of aromatic nitrogens is 2. The molecule has 0 aliphatic heterocycles. The highest BCUT2D eigenvalue weighted by Crippen LogP contribution is 2.33. The first-order valence-electron chi connectivity index (χ1n) is 6.40. The predicted octanol–water partition coefficient (Wildman–Crippen LogP) is 3.00. The SMILES string of the molecule is Cc1occc1-c1nc(C2CCCC2)cc(=O)[nH]1. The van der Waals surface area contributed by atoms with Crippen molar-refractivity contribution in [1.29, 1.82) is 0 Å². The lowest BCUT2D eigenvalue weighted by atomic mass is 10.0. The molecular formula is C14H16N2O2. The van der Waals surface area contributed by atoms with Crippen LogP contribution >= 0.6 is 0 Å². The van der Waals surface area contributed by atoms with E-state index in [-0.39, 0.29) is 5.56 Å².